The molecular formula is C15H26O5. The van der Waals surface area contributed by atoms with Crippen LogP contribution < -0.4 is 0 Å². The third kappa shape index (κ3) is 4.58. The second-order valence-corrected chi connectivity index (χ2v) is 5.18. The van der Waals surface area contributed by atoms with Crippen LogP contribution in [0.1, 0.15) is 52.4 Å². The van der Waals surface area contributed by atoms with E-state index in [0.717, 1.165) is 31.3 Å². The molecule has 0 aromatic carbocycles. The molecule has 0 bridgehead atoms. The molecular weight excluding hydrogens is 260 g/mol. The molecule has 0 spiro atoms. The van der Waals surface area contributed by atoms with Gasteiger partial charge in [0.2, 0.25) is 5.79 Å². The standard InChI is InChI=1S/C15H26O5/c1-4-15(18-3,20-17)11-13-9-7-6-8-12(13)10-14(16)19-5-2/h10,13,17H,4-9,11H2,1-3H3/b12-10-. The van der Waals surface area contributed by atoms with Crippen LogP contribution in [0.5, 0.6) is 0 Å². The SMILES string of the molecule is CCOC(=O)/C=C1/CCCCC1CC(CC)(OC)OO. The van der Waals surface area contributed by atoms with Crippen molar-refractivity contribution in [2.24, 2.45) is 5.92 Å². The summed E-state index contributed by atoms with van der Waals surface area (Å²) < 4.78 is 10.3. The van der Waals surface area contributed by atoms with E-state index in [1.54, 1.807) is 13.0 Å². The summed E-state index contributed by atoms with van der Waals surface area (Å²) in [5, 5.41) is 9.12. The van der Waals surface area contributed by atoms with Gasteiger partial charge in [0.25, 0.3) is 0 Å². The maximum absolute atomic E-state index is 11.6. The summed E-state index contributed by atoms with van der Waals surface area (Å²) in [4.78, 5) is 16.2. The van der Waals surface area contributed by atoms with Gasteiger partial charge in [0.15, 0.2) is 0 Å². The molecule has 5 heteroatoms. The third-order valence-corrected chi connectivity index (χ3v) is 4.02. The number of methoxy groups -OCH3 is 1. The zero-order chi connectivity index (χ0) is 15.0. The van der Waals surface area contributed by atoms with Gasteiger partial charge in [-0.05, 0) is 32.1 Å². The summed E-state index contributed by atoms with van der Waals surface area (Å²) >= 11 is 0. The Bertz CT molecular complexity index is 325. The van der Waals surface area contributed by atoms with E-state index in [-0.39, 0.29) is 11.9 Å². The molecule has 0 heterocycles. The first-order chi connectivity index (χ1) is 9.60. The fourth-order valence-electron chi connectivity index (χ4n) is 2.75. The summed E-state index contributed by atoms with van der Waals surface area (Å²) in [6.07, 6.45) is 6.73. The molecule has 2 unspecified atom stereocenters. The van der Waals surface area contributed by atoms with Gasteiger partial charge < -0.3 is 9.47 Å². The van der Waals surface area contributed by atoms with Crippen molar-refractivity contribution in [1.82, 2.24) is 0 Å². The fourth-order valence-corrected chi connectivity index (χ4v) is 2.75. The van der Waals surface area contributed by atoms with Gasteiger partial charge >= 0.3 is 5.97 Å². The number of carbonyl (C=O) groups is 1. The van der Waals surface area contributed by atoms with Crippen molar-refractivity contribution >= 4 is 5.97 Å². The Hall–Kier alpha value is -0.910. The zero-order valence-corrected chi connectivity index (χ0v) is 12.7. The van der Waals surface area contributed by atoms with Crippen LogP contribution in [0.4, 0.5) is 0 Å². The highest BCUT2D eigenvalue weighted by Crippen LogP contribution is 2.37. The van der Waals surface area contributed by atoms with Gasteiger partial charge in [0.1, 0.15) is 0 Å². The zero-order valence-electron chi connectivity index (χ0n) is 12.7. The van der Waals surface area contributed by atoms with Crippen LogP contribution in [-0.2, 0) is 19.2 Å². The maximum atomic E-state index is 11.6. The molecule has 0 radical (unpaired) electrons. The van der Waals surface area contributed by atoms with Crippen molar-refractivity contribution in [2.45, 2.75) is 58.2 Å². The average Bonchev–Trinajstić information content (AvgIpc) is 2.47. The van der Waals surface area contributed by atoms with E-state index < -0.39 is 5.79 Å². The van der Waals surface area contributed by atoms with Crippen molar-refractivity contribution in [3.63, 3.8) is 0 Å². The Morgan fingerprint density at radius 1 is 1.45 bits per heavy atom. The molecule has 0 amide bonds. The highest BCUT2D eigenvalue weighted by Gasteiger charge is 2.35. The van der Waals surface area contributed by atoms with E-state index >= 15 is 0 Å². The van der Waals surface area contributed by atoms with E-state index in [1.165, 1.54) is 7.11 Å². The Morgan fingerprint density at radius 2 is 2.20 bits per heavy atom. The molecule has 0 saturated heterocycles. The average molecular weight is 286 g/mol. The number of rotatable bonds is 7. The van der Waals surface area contributed by atoms with Crippen molar-refractivity contribution in [3.05, 3.63) is 11.6 Å². The normalized spacial score (nSPS) is 24.4. The molecule has 2 atom stereocenters. The van der Waals surface area contributed by atoms with Crippen LogP contribution in [0, 0.1) is 5.92 Å². The van der Waals surface area contributed by atoms with Crippen LogP contribution >= 0.6 is 0 Å². The first-order valence-electron chi connectivity index (χ1n) is 7.35. The highest BCUT2D eigenvalue weighted by atomic mass is 17.1. The Balaban J connectivity index is 2.81. The van der Waals surface area contributed by atoms with Crippen LogP contribution in [0.2, 0.25) is 0 Å². The number of hydrogen-bond acceptors (Lipinski definition) is 5. The van der Waals surface area contributed by atoms with Crippen molar-refractivity contribution in [3.8, 4) is 0 Å². The Labute approximate surface area is 120 Å². The number of allylic oxidation sites excluding steroid dienone is 1. The van der Waals surface area contributed by atoms with E-state index in [1.807, 2.05) is 6.92 Å². The van der Waals surface area contributed by atoms with Crippen LogP contribution in [-0.4, -0.2) is 30.7 Å². The van der Waals surface area contributed by atoms with E-state index in [2.05, 4.69) is 4.89 Å². The second-order valence-electron chi connectivity index (χ2n) is 5.18. The van der Waals surface area contributed by atoms with Crippen molar-refractivity contribution in [1.29, 1.82) is 0 Å². The van der Waals surface area contributed by atoms with Gasteiger partial charge in [-0.15, -0.1) is 0 Å². The number of carbonyl (C=O) groups excluding carboxylic acids is 1. The summed E-state index contributed by atoms with van der Waals surface area (Å²) in [6, 6.07) is 0. The topological polar surface area (TPSA) is 65.0 Å². The van der Waals surface area contributed by atoms with Gasteiger partial charge in [-0.3, -0.25) is 0 Å². The molecule has 1 N–H and O–H groups in total. The van der Waals surface area contributed by atoms with E-state index in [0.29, 0.717) is 19.4 Å². The monoisotopic (exact) mass is 286 g/mol. The largest absolute Gasteiger partial charge is 0.463 e. The Kier molecular flexibility index (Phi) is 7.19. The fraction of sp³-hybridized carbons (Fsp3) is 0.800. The van der Waals surface area contributed by atoms with Gasteiger partial charge in [0, 0.05) is 26.0 Å². The molecule has 1 fully saturated rings. The molecule has 116 valence electrons. The lowest BCUT2D eigenvalue weighted by Crippen LogP contribution is -2.36. The van der Waals surface area contributed by atoms with Gasteiger partial charge in [-0.1, -0.05) is 18.9 Å². The molecule has 0 aromatic heterocycles. The van der Waals surface area contributed by atoms with Gasteiger partial charge in [-0.25, -0.2) is 14.9 Å². The summed E-state index contributed by atoms with van der Waals surface area (Å²) in [5.41, 5.74) is 1.07. The highest BCUT2D eigenvalue weighted by molar-refractivity contribution is 5.82. The minimum atomic E-state index is -0.990. The predicted molar refractivity (Wildman–Crippen MR) is 75.0 cm³/mol. The minimum absolute atomic E-state index is 0.181. The lowest BCUT2D eigenvalue weighted by molar-refractivity contribution is -0.403. The molecule has 1 rings (SSSR count). The number of esters is 1. The van der Waals surface area contributed by atoms with Crippen molar-refractivity contribution < 1.29 is 24.4 Å². The minimum Gasteiger partial charge on any atom is -0.463 e. The summed E-state index contributed by atoms with van der Waals surface area (Å²) in [6.45, 7) is 4.07. The molecule has 1 saturated carbocycles. The predicted octanol–water partition coefficient (Wildman–Crippen LogP) is 3.30. The van der Waals surface area contributed by atoms with Crippen molar-refractivity contribution in [2.75, 3.05) is 13.7 Å². The first kappa shape index (κ1) is 17.1. The van der Waals surface area contributed by atoms with Crippen LogP contribution in [0.15, 0.2) is 11.6 Å². The first-order valence-corrected chi connectivity index (χ1v) is 7.35. The quantitative estimate of drug-likeness (QED) is 0.256. The summed E-state index contributed by atoms with van der Waals surface area (Å²) in [5.74, 6) is -1.10. The molecule has 5 nitrogen and oxygen atoms in total. The lowest BCUT2D eigenvalue weighted by Gasteiger charge is -2.34. The molecule has 0 aliphatic heterocycles. The van der Waals surface area contributed by atoms with E-state index in [9.17, 15) is 4.79 Å². The number of ether oxygens (including phenoxy) is 2. The van der Waals surface area contributed by atoms with Crippen LogP contribution in [0.25, 0.3) is 0 Å². The summed E-state index contributed by atoms with van der Waals surface area (Å²) in [7, 11) is 1.53. The lowest BCUT2D eigenvalue weighted by atomic mass is 9.79. The maximum Gasteiger partial charge on any atom is 0.330 e. The third-order valence-electron chi connectivity index (χ3n) is 4.02. The molecule has 20 heavy (non-hydrogen) atoms. The molecule has 1 aliphatic rings. The second kappa shape index (κ2) is 8.39. The van der Waals surface area contributed by atoms with Crippen LogP contribution in [0.3, 0.4) is 0 Å². The molecule has 1 aliphatic carbocycles. The Morgan fingerprint density at radius 3 is 2.75 bits per heavy atom. The molecule has 0 aromatic rings. The number of hydrogen-bond donors (Lipinski definition) is 1. The van der Waals surface area contributed by atoms with E-state index in [4.69, 9.17) is 14.7 Å². The van der Waals surface area contributed by atoms with Gasteiger partial charge in [0.05, 0.1) is 6.61 Å². The smallest absolute Gasteiger partial charge is 0.330 e. The van der Waals surface area contributed by atoms with Gasteiger partial charge in [-0.2, -0.15) is 0 Å².